The van der Waals surface area contributed by atoms with Crippen LogP contribution in [0.25, 0.3) is 0 Å². The quantitative estimate of drug-likeness (QED) is 0.792. The Hall–Kier alpha value is -1.37. The average molecular weight is 312 g/mol. The maximum absolute atomic E-state index is 12.9. The van der Waals surface area contributed by atoms with Gasteiger partial charge < -0.3 is 9.84 Å². The predicted octanol–water partition coefficient (Wildman–Crippen LogP) is 4.34. The lowest BCUT2D eigenvalue weighted by molar-refractivity contribution is -0.290. The zero-order valence-electron chi connectivity index (χ0n) is 11.6. The zero-order chi connectivity index (χ0) is 16.3. The number of alkyl halides is 5. The van der Waals surface area contributed by atoms with Gasteiger partial charge in [-0.05, 0) is 23.6 Å². The third-order valence-electron chi connectivity index (χ3n) is 2.69. The summed E-state index contributed by atoms with van der Waals surface area (Å²) in [5.74, 6) is -4.40. The Bertz CT molecular complexity index is 457. The molecule has 0 saturated carbocycles. The molecule has 1 N–H and O–H groups in total. The molecule has 21 heavy (non-hydrogen) atoms. The summed E-state index contributed by atoms with van der Waals surface area (Å²) in [4.78, 5) is 0. The highest BCUT2D eigenvalue weighted by molar-refractivity contribution is 5.30. The van der Waals surface area contributed by atoms with Crippen molar-refractivity contribution < 1.29 is 31.8 Å². The van der Waals surface area contributed by atoms with Crippen LogP contribution in [0.3, 0.4) is 0 Å². The lowest BCUT2D eigenvalue weighted by atomic mass is 10.0. The lowest BCUT2D eigenvalue weighted by Gasteiger charge is -2.22. The van der Waals surface area contributed by atoms with Gasteiger partial charge >= 0.3 is 12.1 Å². The third kappa shape index (κ3) is 5.15. The van der Waals surface area contributed by atoms with Gasteiger partial charge in [0.05, 0.1) is 19.1 Å². The van der Waals surface area contributed by atoms with Crippen molar-refractivity contribution in [3.8, 4) is 5.75 Å². The molecule has 1 aromatic carbocycles. The van der Waals surface area contributed by atoms with Crippen LogP contribution in [-0.2, 0) is 0 Å². The summed E-state index contributed by atoms with van der Waals surface area (Å²) in [6.07, 6.45) is -9.33. The highest BCUT2D eigenvalue weighted by Crippen LogP contribution is 2.41. The van der Waals surface area contributed by atoms with E-state index in [-0.39, 0.29) is 11.5 Å². The fourth-order valence-electron chi connectivity index (χ4n) is 1.55. The number of halogens is 5. The normalized spacial score (nSPS) is 14.3. The van der Waals surface area contributed by atoms with Crippen molar-refractivity contribution in [2.45, 2.75) is 38.5 Å². The van der Waals surface area contributed by atoms with Gasteiger partial charge in [0.1, 0.15) is 5.75 Å². The molecule has 1 rings (SSSR count). The van der Waals surface area contributed by atoms with E-state index in [0.717, 1.165) is 0 Å². The number of rotatable bonds is 6. The summed E-state index contributed by atoms with van der Waals surface area (Å²) < 4.78 is 67.5. The minimum Gasteiger partial charge on any atom is -0.493 e. The second-order valence-electron chi connectivity index (χ2n) is 5.20. The molecule has 0 fully saturated rings. The van der Waals surface area contributed by atoms with Crippen LogP contribution in [0.15, 0.2) is 24.3 Å². The first kappa shape index (κ1) is 17.7. The molecular weight excluding hydrogens is 295 g/mol. The minimum atomic E-state index is -5.68. The molecule has 0 aliphatic heterocycles. The SMILES string of the molecule is CC(C)COc1cccc(C(O)CC(F)(F)C(F)(F)F)c1. The van der Waals surface area contributed by atoms with E-state index in [9.17, 15) is 27.1 Å². The third-order valence-corrected chi connectivity index (χ3v) is 2.69. The monoisotopic (exact) mass is 312 g/mol. The molecule has 1 unspecified atom stereocenters. The standard InChI is InChI=1S/C14H17F5O2/c1-9(2)8-21-11-5-3-4-10(6-11)12(20)7-13(15,16)14(17,18)19/h3-6,9,12,20H,7-8H2,1-2H3. The van der Waals surface area contributed by atoms with Crippen LogP contribution in [0.4, 0.5) is 22.0 Å². The molecule has 0 aromatic heterocycles. The van der Waals surface area contributed by atoms with Crippen molar-refractivity contribution in [3.63, 3.8) is 0 Å². The second kappa shape index (κ2) is 6.60. The predicted molar refractivity (Wildman–Crippen MR) is 67.4 cm³/mol. The van der Waals surface area contributed by atoms with Gasteiger partial charge in [-0.3, -0.25) is 0 Å². The highest BCUT2D eigenvalue weighted by atomic mass is 19.4. The van der Waals surface area contributed by atoms with Gasteiger partial charge in [-0.15, -0.1) is 0 Å². The van der Waals surface area contributed by atoms with Crippen LogP contribution in [-0.4, -0.2) is 23.8 Å². The van der Waals surface area contributed by atoms with Gasteiger partial charge in [0.2, 0.25) is 0 Å². The molecule has 1 aromatic rings. The molecule has 120 valence electrons. The first-order chi connectivity index (χ1) is 9.53. The fourth-order valence-corrected chi connectivity index (χ4v) is 1.55. The minimum absolute atomic E-state index is 0.0415. The van der Waals surface area contributed by atoms with E-state index in [0.29, 0.717) is 12.4 Å². The number of benzene rings is 1. The number of hydrogen-bond acceptors (Lipinski definition) is 2. The molecule has 2 nitrogen and oxygen atoms in total. The molecule has 0 heterocycles. The number of aliphatic hydroxyl groups is 1. The molecule has 0 amide bonds. The van der Waals surface area contributed by atoms with Crippen LogP contribution < -0.4 is 4.74 Å². The van der Waals surface area contributed by atoms with E-state index < -0.39 is 24.6 Å². The van der Waals surface area contributed by atoms with Gasteiger partial charge in [-0.2, -0.15) is 22.0 Å². The lowest BCUT2D eigenvalue weighted by Crippen LogP contribution is -2.37. The van der Waals surface area contributed by atoms with Crippen molar-refractivity contribution in [1.82, 2.24) is 0 Å². The van der Waals surface area contributed by atoms with Crippen LogP contribution in [0.2, 0.25) is 0 Å². The Kier molecular flexibility index (Phi) is 5.55. The molecule has 0 spiro atoms. The van der Waals surface area contributed by atoms with Crippen LogP contribution >= 0.6 is 0 Å². The Balaban J connectivity index is 2.79. The van der Waals surface area contributed by atoms with Gasteiger partial charge in [0.15, 0.2) is 0 Å². The van der Waals surface area contributed by atoms with E-state index in [1.54, 1.807) is 6.07 Å². The Morgan fingerprint density at radius 1 is 1.14 bits per heavy atom. The van der Waals surface area contributed by atoms with Gasteiger partial charge in [0.25, 0.3) is 0 Å². The Morgan fingerprint density at radius 3 is 2.29 bits per heavy atom. The summed E-state index contributed by atoms with van der Waals surface area (Å²) >= 11 is 0. The van der Waals surface area contributed by atoms with Crippen LogP contribution in [0.5, 0.6) is 5.75 Å². The second-order valence-corrected chi connectivity index (χ2v) is 5.20. The summed E-state index contributed by atoms with van der Waals surface area (Å²) in [6, 6.07) is 5.51. The molecular formula is C14H17F5O2. The summed E-state index contributed by atoms with van der Waals surface area (Å²) in [5, 5.41) is 9.59. The average Bonchev–Trinajstić information content (AvgIpc) is 2.35. The van der Waals surface area contributed by atoms with Crippen molar-refractivity contribution >= 4 is 0 Å². The first-order valence-corrected chi connectivity index (χ1v) is 6.38. The largest absolute Gasteiger partial charge is 0.493 e. The molecule has 0 bridgehead atoms. The van der Waals surface area contributed by atoms with E-state index in [2.05, 4.69) is 0 Å². The maximum atomic E-state index is 12.9. The topological polar surface area (TPSA) is 29.5 Å². The smallest absolute Gasteiger partial charge is 0.453 e. The molecule has 0 saturated heterocycles. The Morgan fingerprint density at radius 2 is 1.76 bits per heavy atom. The Labute approximate surface area is 119 Å². The van der Waals surface area contributed by atoms with E-state index in [4.69, 9.17) is 4.74 Å². The molecule has 7 heteroatoms. The summed E-state index contributed by atoms with van der Waals surface area (Å²) in [6.45, 7) is 4.18. The molecule has 0 radical (unpaired) electrons. The fraction of sp³-hybridized carbons (Fsp3) is 0.571. The summed E-state index contributed by atoms with van der Waals surface area (Å²) in [5.41, 5.74) is -0.0415. The maximum Gasteiger partial charge on any atom is 0.453 e. The zero-order valence-corrected chi connectivity index (χ0v) is 11.6. The molecule has 0 aliphatic carbocycles. The van der Waals surface area contributed by atoms with Crippen LogP contribution in [0, 0.1) is 5.92 Å². The van der Waals surface area contributed by atoms with Gasteiger partial charge in [-0.25, -0.2) is 0 Å². The van der Waals surface area contributed by atoms with Crippen molar-refractivity contribution in [2.24, 2.45) is 5.92 Å². The van der Waals surface area contributed by atoms with E-state index >= 15 is 0 Å². The number of hydrogen-bond donors (Lipinski definition) is 1. The van der Waals surface area contributed by atoms with Crippen molar-refractivity contribution in [1.29, 1.82) is 0 Å². The highest BCUT2D eigenvalue weighted by Gasteiger charge is 2.58. The number of ether oxygens (including phenoxy) is 1. The van der Waals surface area contributed by atoms with Crippen molar-refractivity contribution in [3.05, 3.63) is 29.8 Å². The molecule has 1 atom stereocenters. The first-order valence-electron chi connectivity index (χ1n) is 6.38. The van der Waals surface area contributed by atoms with Crippen LogP contribution in [0.1, 0.15) is 31.9 Å². The van der Waals surface area contributed by atoms with Gasteiger partial charge in [0, 0.05) is 0 Å². The van der Waals surface area contributed by atoms with Crippen molar-refractivity contribution in [2.75, 3.05) is 6.61 Å². The van der Waals surface area contributed by atoms with E-state index in [1.165, 1.54) is 18.2 Å². The van der Waals surface area contributed by atoms with Gasteiger partial charge in [-0.1, -0.05) is 26.0 Å². The molecule has 0 aliphatic rings. The summed E-state index contributed by atoms with van der Waals surface area (Å²) in [7, 11) is 0. The van der Waals surface area contributed by atoms with E-state index in [1.807, 2.05) is 13.8 Å². The number of aliphatic hydroxyl groups excluding tert-OH is 1.